The van der Waals surface area contributed by atoms with E-state index in [1.165, 1.54) is 4.90 Å². The number of carbonyl (C=O) groups excluding carboxylic acids is 2. The molecule has 3 rings (SSSR count). The van der Waals surface area contributed by atoms with Crippen molar-refractivity contribution < 1.29 is 19.1 Å². The van der Waals surface area contributed by atoms with Gasteiger partial charge in [-0.25, -0.2) is 0 Å². The summed E-state index contributed by atoms with van der Waals surface area (Å²) in [5.41, 5.74) is 2.03. The van der Waals surface area contributed by atoms with Crippen molar-refractivity contribution in [2.24, 2.45) is 0 Å². The molecule has 0 atom stereocenters. The van der Waals surface area contributed by atoms with E-state index in [9.17, 15) is 9.59 Å². The molecule has 3 aromatic rings. The van der Waals surface area contributed by atoms with Crippen molar-refractivity contribution in [1.82, 2.24) is 4.90 Å². The van der Waals surface area contributed by atoms with Gasteiger partial charge in [0.05, 0.1) is 6.54 Å². The summed E-state index contributed by atoms with van der Waals surface area (Å²) in [4.78, 5) is 25.6. The molecule has 0 aliphatic carbocycles. The van der Waals surface area contributed by atoms with E-state index >= 15 is 0 Å². The van der Waals surface area contributed by atoms with E-state index < -0.39 is 0 Å². The number of hydrogen-bond acceptors (Lipinski definition) is 5. The molecule has 0 fully saturated rings. The Kier molecular flexibility index (Phi) is 8.09. The van der Waals surface area contributed by atoms with E-state index in [4.69, 9.17) is 9.47 Å². The van der Waals surface area contributed by atoms with Crippen molar-refractivity contribution in [3.05, 3.63) is 84.4 Å². The van der Waals surface area contributed by atoms with Gasteiger partial charge in [-0.15, -0.1) is 0 Å². The quantitative estimate of drug-likeness (QED) is 0.474. The Morgan fingerprint density at radius 3 is 1.91 bits per heavy atom. The predicted octanol–water partition coefficient (Wildman–Crippen LogP) is 3.90. The number of hydrogen-bond donors (Lipinski definition) is 2. The van der Waals surface area contributed by atoms with Gasteiger partial charge in [0.1, 0.15) is 24.7 Å². The second kappa shape index (κ2) is 11.4. The van der Waals surface area contributed by atoms with Gasteiger partial charge in [0.15, 0.2) is 0 Å². The van der Waals surface area contributed by atoms with Gasteiger partial charge >= 0.3 is 0 Å². The molecule has 7 heteroatoms. The molecule has 0 saturated carbocycles. The third-order valence-electron chi connectivity index (χ3n) is 4.49. The molecule has 0 aliphatic heterocycles. The maximum atomic E-state index is 12.2. The average Bonchev–Trinajstić information content (AvgIpc) is 2.82. The summed E-state index contributed by atoms with van der Waals surface area (Å²) in [5.74, 6) is 1.26. The first-order chi connectivity index (χ1) is 15.5. The van der Waals surface area contributed by atoms with E-state index in [1.54, 1.807) is 62.6 Å². The zero-order chi connectivity index (χ0) is 22.8. The van der Waals surface area contributed by atoms with Crippen LogP contribution in [0.5, 0.6) is 11.5 Å². The monoisotopic (exact) mass is 433 g/mol. The topological polar surface area (TPSA) is 79.9 Å². The highest BCUT2D eigenvalue weighted by Gasteiger charge is 2.08. The highest BCUT2D eigenvalue weighted by molar-refractivity contribution is 5.95. The molecule has 7 nitrogen and oxygen atoms in total. The van der Waals surface area contributed by atoms with Gasteiger partial charge in [0.25, 0.3) is 5.91 Å². The van der Waals surface area contributed by atoms with Crippen LogP contribution in [0, 0.1) is 0 Å². The molecule has 2 N–H and O–H groups in total. The number of nitrogens with zero attached hydrogens (tertiary/aromatic N) is 1. The van der Waals surface area contributed by atoms with Crippen LogP contribution in [0.1, 0.15) is 10.4 Å². The number of nitrogens with one attached hydrogen (secondary N) is 2. The summed E-state index contributed by atoms with van der Waals surface area (Å²) in [5, 5.41) is 5.87. The Morgan fingerprint density at radius 2 is 1.31 bits per heavy atom. The Hall–Kier alpha value is -4.00. The second-order valence-electron chi connectivity index (χ2n) is 7.21. The average molecular weight is 434 g/mol. The summed E-state index contributed by atoms with van der Waals surface area (Å²) in [7, 11) is 3.41. The third-order valence-corrected chi connectivity index (χ3v) is 4.49. The Balaban J connectivity index is 1.38. The van der Waals surface area contributed by atoms with Crippen molar-refractivity contribution in [3.8, 4) is 11.5 Å². The van der Waals surface area contributed by atoms with Crippen LogP contribution >= 0.6 is 0 Å². The lowest BCUT2D eigenvalue weighted by Gasteiger charge is -2.12. The summed E-state index contributed by atoms with van der Waals surface area (Å²) < 4.78 is 11.2. The number of carbonyl (C=O) groups is 2. The number of rotatable bonds is 10. The first-order valence-corrected chi connectivity index (χ1v) is 10.3. The molecule has 0 aliphatic rings. The van der Waals surface area contributed by atoms with Gasteiger partial charge in [-0.3, -0.25) is 9.59 Å². The molecule has 166 valence electrons. The second-order valence-corrected chi connectivity index (χ2v) is 7.21. The standard InChI is InChI=1S/C25H27N3O4/c1-28(2)25(30)19-8-10-20(11-9-19)26-18-24(29)27-21-12-14-23(15-13-21)32-17-16-31-22-6-4-3-5-7-22/h3-15,26H,16-18H2,1-2H3,(H,27,29). The predicted molar refractivity (Wildman–Crippen MR) is 125 cm³/mol. The van der Waals surface area contributed by atoms with E-state index in [1.807, 2.05) is 30.3 Å². The Bertz CT molecular complexity index is 1000. The van der Waals surface area contributed by atoms with Gasteiger partial charge in [0.2, 0.25) is 5.91 Å². The molecule has 0 heterocycles. The van der Waals surface area contributed by atoms with Gasteiger partial charge < -0.3 is 25.0 Å². The molecule has 0 bridgehead atoms. The van der Waals surface area contributed by atoms with Gasteiger partial charge in [-0.1, -0.05) is 18.2 Å². The van der Waals surface area contributed by atoms with Crippen LogP contribution in [0.4, 0.5) is 11.4 Å². The van der Waals surface area contributed by atoms with Crippen LogP contribution in [0.15, 0.2) is 78.9 Å². The zero-order valence-corrected chi connectivity index (χ0v) is 18.2. The van der Waals surface area contributed by atoms with Crippen molar-refractivity contribution in [3.63, 3.8) is 0 Å². The van der Waals surface area contributed by atoms with Crippen LogP contribution in [0.25, 0.3) is 0 Å². The minimum atomic E-state index is -0.177. The van der Waals surface area contributed by atoms with Crippen molar-refractivity contribution in [2.75, 3.05) is 44.5 Å². The number of anilines is 2. The molecule has 2 amide bonds. The van der Waals surface area contributed by atoms with E-state index in [-0.39, 0.29) is 18.4 Å². The first-order valence-electron chi connectivity index (χ1n) is 10.3. The number of amides is 2. The highest BCUT2D eigenvalue weighted by atomic mass is 16.5. The molecule has 3 aromatic carbocycles. The van der Waals surface area contributed by atoms with Crippen LogP contribution in [-0.4, -0.2) is 50.6 Å². The summed E-state index contributed by atoms with van der Waals surface area (Å²) in [6.07, 6.45) is 0. The highest BCUT2D eigenvalue weighted by Crippen LogP contribution is 2.16. The molecule has 0 radical (unpaired) electrons. The largest absolute Gasteiger partial charge is 0.490 e. The fourth-order valence-corrected chi connectivity index (χ4v) is 2.85. The number of para-hydroxylation sites is 1. The number of ether oxygens (including phenoxy) is 2. The fraction of sp³-hybridized carbons (Fsp3) is 0.200. The lowest BCUT2D eigenvalue weighted by atomic mass is 10.2. The van der Waals surface area contributed by atoms with Crippen LogP contribution in [0.2, 0.25) is 0 Å². The maximum Gasteiger partial charge on any atom is 0.253 e. The van der Waals surface area contributed by atoms with Crippen molar-refractivity contribution >= 4 is 23.2 Å². The summed E-state index contributed by atoms with van der Waals surface area (Å²) >= 11 is 0. The molecule has 32 heavy (non-hydrogen) atoms. The molecular formula is C25H27N3O4. The van der Waals surface area contributed by atoms with Crippen LogP contribution in [-0.2, 0) is 4.79 Å². The van der Waals surface area contributed by atoms with E-state index in [2.05, 4.69) is 10.6 Å². The first kappa shape index (κ1) is 22.7. The van der Waals surface area contributed by atoms with Crippen molar-refractivity contribution in [1.29, 1.82) is 0 Å². The minimum Gasteiger partial charge on any atom is -0.490 e. The van der Waals surface area contributed by atoms with Gasteiger partial charge in [-0.05, 0) is 60.7 Å². The molecule has 0 aromatic heterocycles. The van der Waals surface area contributed by atoms with Crippen LogP contribution in [0.3, 0.4) is 0 Å². The number of benzene rings is 3. The normalized spacial score (nSPS) is 10.2. The molecule has 0 unspecified atom stereocenters. The van der Waals surface area contributed by atoms with Crippen molar-refractivity contribution in [2.45, 2.75) is 0 Å². The summed E-state index contributed by atoms with van der Waals surface area (Å²) in [6, 6.07) is 23.7. The molecule has 0 saturated heterocycles. The van der Waals surface area contributed by atoms with E-state index in [0.717, 1.165) is 11.4 Å². The van der Waals surface area contributed by atoms with Gasteiger partial charge in [-0.2, -0.15) is 0 Å². The lowest BCUT2D eigenvalue weighted by molar-refractivity contribution is -0.114. The van der Waals surface area contributed by atoms with Gasteiger partial charge in [0, 0.05) is 31.0 Å². The Labute approximate surface area is 188 Å². The third kappa shape index (κ3) is 7.05. The minimum absolute atomic E-state index is 0.0644. The van der Waals surface area contributed by atoms with E-state index in [0.29, 0.717) is 30.2 Å². The zero-order valence-electron chi connectivity index (χ0n) is 18.2. The van der Waals surface area contributed by atoms with Crippen LogP contribution < -0.4 is 20.1 Å². The molecular weight excluding hydrogens is 406 g/mol. The fourth-order valence-electron chi connectivity index (χ4n) is 2.85. The Morgan fingerprint density at radius 1 is 0.750 bits per heavy atom. The molecule has 0 spiro atoms. The lowest BCUT2D eigenvalue weighted by Crippen LogP contribution is -2.22. The smallest absolute Gasteiger partial charge is 0.253 e. The maximum absolute atomic E-state index is 12.2. The summed E-state index contributed by atoms with van der Waals surface area (Å²) in [6.45, 7) is 0.970. The SMILES string of the molecule is CN(C)C(=O)c1ccc(NCC(=O)Nc2ccc(OCCOc3ccccc3)cc2)cc1.